The van der Waals surface area contributed by atoms with Gasteiger partial charge in [-0.15, -0.1) is 0 Å². The van der Waals surface area contributed by atoms with Gasteiger partial charge in [-0.2, -0.15) is 4.31 Å². The van der Waals surface area contributed by atoms with Crippen molar-refractivity contribution < 1.29 is 36.9 Å². The molecule has 49 heavy (non-hydrogen) atoms. The molecule has 3 atom stereocenters. The van der Waals surface area contributed by atoms with E-state index in [2.05, 4.69) is 11.0 Å². The highest BCUT2D eigenvalue weighted by Gasteiger charge is 2.46. The third-order valence-electron chi connectivity index (χ3n) is 9.62. The van der Waals surface area contributed by atoms with Crippen LogP contribution >= 0.6 is 0 Å². The summed E-state index contributed by atoms with van der Waals surface area (Å²) < 4.78 is 58.9. The minimum atomic E-state index is -3.95. The maximum absolute atomic E-state index is 14.4. The summed E-state index contributed by atoms with van der Waals surface area (Å²) in [5.74, 6) is 1.04. The summed E-state index contributed by atoms with van der Waals surface area (Å²) in [7, 11) is 0.753. The highest BCUT2D eigenvalue weighted by Crippen LogP contribution is 2.42. The second-order valence-corrected chi connectivity index (χ2v) is 15.5. The van der Waals surface area contributed by atoms with Gasteiger partial charge in [-0.3, -0.25) is 4.79 Å². The number of fused-ring (bicyclic) bond motifs is 1. The molecule has 0 unspecified atom stereocenters. The van der Waals surface area contributed by atoms with Crippen molar-refractivity contribution in [3.05, 3.63) is 83.4 Å². The molecule has 1 saturated heterocycles. The maximum Gasteiger partial charge on any atom is 0.311 e. The molecule has 0 N–H and O–H groups in total. The molecule has 11 heteroatoms. The Hall–Kier alpha value is -3.64. The Morgan fingerprint density at radius 2 is 1.73 bits per heavy atom. The molecule has 0 saturated carbocycles. The molecule has 2 aliphatic rings. The lowest BCUT2D eigenvalue weighted by molar-refractivity contribution is -0.152. The summed E-state index contributed by atoms with van der Waals surface area (Å²) in [4.78, 5) is 15.4. The van der Waals surface area contributed by atoms with Crippen molar-refractivity contribution in [3.8, 4) is 11.5 Å². The molecule has 2 heterocycles. The van der Waals surface area contributed by atoms with Gasteiger partial charge in [-0.05, 0) is 87.6 Å². The number of aryl methyl sites for hydroxylation is 1. The number of carbonyl (C=O) groups is 1. The van der Waals surface area contributed by atoms with Crippen molar-refractivity contribution in [2.24, 2.45) is 5.41 Å². The summed E-state index contributed by atoms with van der Waals surface area (Å²) in [5.41, 5.74) is 3.05. The van der Waals surface area contributed by atoms with E-state index in [1.165, 1.54) is 7.11 Å². The van der Waals surface area contributed by atoms with Crippen LogP contribution in [0.25, 0.3) is 0 Å². The Kier molecular flexibility index (Phi) is 11.9. The van der Waals surface area contributed by atoms with E-state index in [-0.39, 0.29) is 36.4 Å². The third kappa shape index (κ3) is 8.57. The number of anilines is 1. The van der Waals surface area contributed by atoms with Crippen LogP contribution in [-0.4, -0.2) is 85.0 Å². The average molecular weight is 695 g/mol. The molecule has 0 radical (unpaired) electrons. The van der Waals surface area contributed by atoms with Crippen LogP contribution in [0.3, 0.4) is 0 Å². The smallest absolute Gasteiger partial charge is 0.311 e. The third-order valence-corrected chi connectivity index (χ3v) is 11.6. The van der Waals surface area contributed by atoms with Gasteiger partial charge in [0.15, 0.2) is 0 Å². The number of rotatable bonds is 14. The number of sulfonamides is 1. The van der Waals surface area contributed by atoms with Gasteiger partial charge in [0, 0.05) is 38.8 Å². The standard InChI is InChI=1S/C38H50N2O8S/c1-27-8-15-32(16-9-27)49(42,43)40-25-36(48-26-28-10-17-35-34(22-28)39(19-21-47-35)18-7-20-44-4)33(29-11-13-31(45-5)14-12-29)23-30(40)24-38(2,3)37(41)46-6/h8-17,22,30,33,36H,7,18-21,23-26H2,1-6H3/t30-,33+,36-/m0/s1. The SMILES string of the molecule is COCCCN1CCOc2ccc(CO[C@H]3CN(S(=O)(=O)c4ccc(C)cc4)[C@H](CC(C)(C)C(=O)OC)C[C@@H]3c3ccc(OC)cc3)cc21. The molecule has 10 nitrogen and oxygen atoms in total. The van der Waals surface area contributed by atoms with Crippen molar-refractivity contribution in [2.75, 3.05) is 59.1 Å². The highest BCUT2D eigenvalue weighted by atomic mass is 32.2. The van der Waals surface area contributed by atoms with Crippen LogP contribution in [0.2, 0.25) is 0 Å². The Labute approximate surface area is 291 Å². The summed E-state index contributed by atoms with van der Waals surface area (Å²) in [6.45, 7) is 8.89. The van der Waals surface area contributed by atoms with Crippen LogP contribution in [-0.2, 0) is 35.6 Å². The van der Waals surface area contributed by atoms with Gasteiger partial charge in [0.1, 0.15) is 18.1 Å². The monoisotopic (exact) mass is 694 g/mol. The van der Waals surface area contributed by atoms with E-state index in [1.807, 2.05) is 43.3 Å². The molecule has 5 rings (SSSR count). The van der Waals surface area contributed by atoms with Crippen LogP contribution in [0, 0.1) is 12.3 Å². The molecule has 0 aromatic heterocycles. The van der Waals surface area contributed by atoms with Gasteiger partial charge < -0.3 is 28.6 Å². The summed E-state index contributed by atoms with van der Waals surface area (Å²) >= 11 is 0. The zero-order valence-electron chi connectivity index (χ0n) is 29.5. The number of nitrogens with zero attached hydrogens (tertiary/aromatic N) is 2. The van der Waals surface area contributed by atoms with E-state index >= 15 is 0 Å². The number of hydrogen-bond acceptors (Lipinski definition) is 9. The van der Waals surface area contributed by atoms with Gasteiger partial charge in [0.05, 0.1) is 49.5 Å². The minimum absolute atomic E-state index is 0.117. The topological polar surface area (TPSA) is 104 Å². The largest absolute Gasteiger partial charge is 0.497 e. The molecule has 1 fully saturated rings. The molecule has 0 amide bonds. The van der Waals surface area contributed by atoms with Crippen LogP contribution in [0.5, 0.6) is 11.5 Å². The Bertz CT molecular complexity index is 1660. The van der Waals surface area contributed by atoms with E-state index < -0.39 is 27.6 Å². The fourth-order valence-corrected chi connectivity index (χ4v) is 8.55. The maximum atomic E-state index is 14.4. The first-order chi connectivity index (χ1) is 23.5. The van der Waals surface area contributed by atoms with Crippen LogP contribution in [0.15, 0.2) is 71.6 Å². The number of hydrogen-bond donors (Lipinski definition) is 0. The van der Waals surface area contributed by atoms with Crippen LogP contribution in [0.4, 0.5) is 5.69 Å². The molecule has 266 valence electrons. The summed E-state index contributed by atoms with van der Waals surface area (Å²) in [5, 5.41) is 0. The van der Waals surface area contributed by atoms with Gasteiger partial charge >= 0.3 is 5.97 Å². The Balaban J connectivity index is 1.48. The number of benzene rings is 3. The van der Waals surface area contributed by atoms with Gasteiger partial charge in [0.25, 0.3) is 0 Å². The molecule has 3 aromatic rings. The number of ether oxygens (including phenoxy) is 5. The lowest BCUT2D eigenvalue weighted by atomic mass is 9.77. The first-order valence-electron chi connectivity index (χ1n) is 16.9. The van der Waals surface area contributed by atoms with E-state index in [0.29, 0.717) is 19.6 Å². The minimum Gasteiger partial charge on any atom is -0.497 e. The lowest BCUT2D eigenvalue weighted by Crippen LogP contribution is -2.54. The zero-order valence-corrected chi connectivity index (χ0v) is 30.3. The number of esters is 1. The van der Waals surface area contributed by atoms with Crippen molar-refractivity contribution in [1.82, 2.24) is 4.31 Å². The van der Waals surface area contributed by atoms with E-state index in [1.54, 1.807) is 56.6 Å². The van der Waals surface area contributed by atoms with Crippen molar-refractivity contribution in [2.45, 2.75) is 69.6 Å². The Morgan fingerprint density at radius 3 is 2.41 bits per heavy atom. The zero-order chi connectivity index (χ0) is 35.2. The van der Waals surface area contributed by atoms with Gasteiger partial charge in [0.2, 0.25) is 10.0 Å². The fourth-order valence-electron chi connectivity index (χ4n) is 6.90. The molecule has 3 aromatic carbocycles. The Morgan fingerprint density at radius 1 is 1.00 bits per heavy atom. The lowest BCUT2D eigenvalue weighted by Gasteiger charge is -2.45. The number of carbonyl (C=O) groups excluding carboxylic acids is 1. The first-order valence-corrected chi connectivity index (χ1v) is 18.3. The predicted octanol–water partition coefficient (Wildman–Crippen LogP) is 5.96. The van der Waals surface area contributed by atoms with E-state index in [0.717, 1.165) is 53.4 Å². The molecule has 0 bridgehead atoms. The molecular formula is C38H50N2O8S. The normalized spacial score (nSPS) is 20.0. The number of methoxy groups -OCH3 is 3. The molecule has 0 spiro atoms. The predicted molar refractivity (Wildman–Crippen MR) is 189 cm³/mol. The second-order valence-electron chi connectivity index (χ2n) is 13.6. The van der Waals surface area contributed by atoms with Crippen molar-refractivity contribution in [1.29, 1.82) is 0 Å². The number of piperidine rings is 1. The second kappa shape index (κ2) is 15.9. The molecular weight excluding hydrogens is 644 g/mol. The molecule has 2 aliphatic heterocycles. The van der Waals surface area contributed by atoms with E-state index in [4.69, 9.17) is 23.7 Å². The van der Waals surface area contributed by atoms with Crippen LogP contribution < -0.4 is 14.4 Å². The van der Waals surface area contributed by atoms with Crippen molar-refractivity contribution in [3.63, 3.8) is 0 Å². The summed E-state index contributed by atoms with van der Waals surface area (Å²) in [6, 6.07) is 20.4. The van der Waals surface area contributed by atoms with Gasteiger partial charge in [-0.25, -0.2) is 8.42 Å². The van der Waals surface area contributed by atoms with Crippen molar-refractivity contribution >= 4 is 21.7 Å². The quantitative estimate of drug-likeness (QED) is 0.149. The average Bonchev–Trinajstić information content (AvgIpc) is 3.10. The highest BCUT2D eigenvalue weighted by molar-refractivity contribution is 7.89. The first kappa shape index (κ1) is 36.6. The van der Waals surface area contributed by atoms with E-state index in [9.17, 15) is 13.2 Å². The molecule has 0 aliphatic carbocycles. The van der Waals surface area contributed by atoms with Crippen LogP contribution in [0.1, 0.15) is 55.7 Å². The summed E-state index contributed by atoms with van der Waals surface area (Å²) in [6.07, 6.45) is 1.17. The fraction of sp³-hybridized carbons (Fsp3) is 0.500. The van der Waals surface area contributed by atoms with Gasteiger partial charge in [-0.1, -0.05) is 35.9 Å².